The molecule has 0 amide bonds. The second-order valence-corrected chi connectivity index (χ2v) is 4.92. The van der Waals surface area contributed by atoms with Gasteiger partial charge in [-0.2, -0.15) is 0 Å². The number of hydrogen-bond donors (Lipinski definition) is 0. The Morgan fingerprint density at radius 1 is 1.24 bits per heavy atom. The van der Waals surface area contributed by atoms with Gasteiger partial charge in [-0.15, -0.1) is 0 Å². The maximum absolute atomic E-state index is 11.2. The van der Waals surface area contributed by atoms with Gasteiger partial charge in [0.1, 0.15) is 0 Å². The molecule has 4 heteroatoms. The SMILES string of the molecule is CC(=O)c1ccc(N2CCN(C)CC2)c(Cl)c1. The normalized spacial score (nSPS) is 17.2. The van der Waals surface area contributed by atoms with Gasteiger partial charge in [-0.1, -0.05) is 11.6 Å². The Balaban J connectivity index is 2.19. The maximum atomic E-state index is 11.2. The van der Waals surface area contributed by atoms with Crippen molar-refractivity contribution in [3.8, 4) is 0 Å². The van der Waals surface area contributed by atoms with Gasteiger partial charge in [0.05, 0.1) is 10.7 Å². The van der Waals surface area contributed by atoms with Gasteiger partial charge in [-0.3, -0.25) is 4.79 Å². The summed E-state index contributed by atoms with van der Waals surface area (Å²) < 4.78 is 0. The van der Waals surface area contributed by atoms with E-state index >= 15 is 0 Å². The van der Waals surface area contributed by atoms with E-state index in [1.165, 1.54) is 0 Å². The molecule has 0 atom stereocenters. The molecule has 1 aromatic carbocycles. The standard InChI is InChI=1S/C13H17ClN2O/c1-10(17)11-3-4-13(12(14)9-11)16-7-5-15(2)6-8-16/h3-4,9H,5-8H2,1-2H3. The Hall–Kier alpha value is -1.06. The lowest BCUT2D eigenvalue weighted by atomic mass is 10.1. The summed E-state index contributed by atoms with van der Waals surface area (Å²) in [6.45, 7) is 5.61. The van der Waals surface area contributed by atoms with Crippen LogP contribution in [-0.2, 0) is 0 Å². The van der Waals surface area contributed by atoms with Crippen molar-refractivity contribution >= 4 is 23.1 Å². The summed E-state index contributed by atoms with van der Waals surface area (Å²) in [7, 11) is 2.12. The molecule has 0 spiro atoms. The third-order valence-corrected chi connectivity index (χ3v) is 3.50. The van der Waals surface area contributed by atoms with E-state index in [0.29, 0.717) is 10.6 Å². The molecular weight excluding hydrogens is 236 g/mol. The summed E-state index contributed by atoms with van der Waals surface area (Å²) in [5.41, 5.74) is 1.71. The average Bonchev–Trinajstić information content (AvgIpc) is 2.30. The quantitative estimate of drug-likeness (QED) is 0.755. The summed E-state index contributed by atoms with van der Waals surface area (Å²) in [5, 5.41) is 0.669. The van der Waals surface area contributed by atoms with Crippen molar-refractivity contribution in [2.75, 3.05) is 38.1 Å². The Kier molecular flexibility index (Phi) is 3.69. The van der Waals surface area contributed by atoms with Gasteiger partial charge in [0, 0.05) is 31.7 Å². The Morgan fingerprint density at radius 2 is 1.88 bits per heavy atom. The zero-order valence-corrected chi connectivity index (χ0v) is 11.0. The second-order valence-electron chi connectivity index (χ2n) is 4.51. The molecule has 0 aliphatic carbocycles. The average molecular weight is 253 g/mol. The van der Waals surface area contributed by atoms with Gasteiger partial charge in [0.2, 0.25) is 0 Å². The first-order valence-corrected chi connectivity index (χ1v) is 6.19. The van der Waals surface area contributed by atoms with Gasteiger partial charge in [-0.25, -0.2) is 0 Å². The number of benzene rings is 1. The molecule has 1 fully saturated rings. The fourth-order valence-corrected chi connectivity index (χ4v) is 2.33. The van der Waals surface area contributed by atoms with E-state index in [-0.39, 0.29) is 5.78 Å². The smallest absolute Gasteiger partial charge is 0.159 e. The van der Waals surface area contributed by atoms with E-state index in [1.807, 2.05) is 12.1 Å². The predicted molar refractivity (Wildman–Crippen MR) is 71.2 cm³/mol. The number of hydrogen-bond acceptors (Lipinski definition) is 3. The van der Waals surface area contributed by atoms with Crippen LogP contribution in [-0.4, -0.2) is 43.9 Å². The third kappa shape index (κ3) is 2.79. The number of piperazine rings is 1. The Morgan fingerprint density at radius 3 is 2.41 bits per heavy atom. The molecule has 0 N–H and O–H groups in total. The molecule has 0 unspecified atom stereocenters. The lowest BCUT2D eigenvalue weighted by molar-refractivity contribution is 0.101. The van der Waals surface area contributed by atoms with Crippen LogP contribution in [0.4, 0.5) is 5.69 Å². The first kappa shape index (κ1) is 12.4. The summed E-state index contributed by atoms with van der Waals surface area (Å²) in [4.78, 5) is 15.8. The van der Waals surface area contributed by atoms with Crippen LogP contribution in [0.2, 0.25) is 5.02 Å². The van der Waals surface area contributed by atoms with E-state index in [9.17, 15) is 4.79 Å². The number of nitrogens with zero attached hydrogens (tertiary/aromatic N) is 2. The highest BCUT2D eigenvalue weighted by Crippen LogP contribution is 2.27. The third-order valence-electron chi connectivity index (χ3n) is 3.20. The van der Waals surface area contributed by atoms with E-state index in [4.69, 9.17) is 11.6 Å². The van der Waals surface area contributed by atoms with E-state index in [2.05, 4.69) is 16.8 Å². The molecular formula is C13H17ClN2O. The van der Waals surface area contributed by atoms with Crippen LogP contribution in [0.5, 0.6) is 0 Å². The van der Waals surface area contributed by atoms with Crippen LogP contribution in [0, 0.1) is 0 Å². The molecule has 0 bridgehead atoms. The topological polar surface area (TPSA) is 23.6 Å². The summed E-state index contributed by atoms with van der Waals surface area (Å²) in [6.07, 6.45) is 0. The van der Waals surface area contributed by atoms with Crippen molar-refractivity contribution in [3.63, 3.8) is 0 Å². The first-order valence-electron chi connectivity index (χ1n) is 5.82. The molecule has 2 rings (SSSR count). The zero-order valence-electron chi connectivity index (χ0n) is 10.2. The highest BCUT2D eigenvalue weighted by atomic mass is 35.5. The molecule has 0 aromatic heterocycles. The number of ketones is 1. The monoisotopic (exact) mass is 252 g/mol. The number of likely N-dealkylation sites (N-methyl/N-ethyl adjacent to an activating group) is 1. The molecule has 1 aliphatic rings. The van der Waals surface area contributed by atoms with Gasteiger partial charge < -0.3 is 9.80 Å². The van der Waals surface area contributed by atoms with Crippen LogP contribution >= 0.6 is 11.6 Å². The van der Waals surface area contributed by atoms with E-state index < -0.39 is 0 Å². The lowest BCUT2D eigenvalue weighted by Gasteiger charge is -2.34. The van der Waals surface area contributed by atoms with Crippen LogP contribution in [0.1, 0.15) is 17.3 Å². The molecule has 92 valence electrons. The number of rotatable bonds is 2. The van der Waals surface area contributed by atoms with Crippen molar-refractivity contribution in [1.82, 2.24) is 4.90 Å². The van der Waals surface area contributed by atoms with Gasteiger partial charge >= 0.3 is 0 Å². The fourth-order valence-electron chi connectivity index (χ4n) is 2.03. The van der Waals surface area contributed by atoms with Gasteiger partial charge in [-0.05, 0) is 32.2 Å². The number of carbonyl (C=O) groups excluding carboxylic acids is 1. The number of carbonyl (C=O) groups is 1. The van der Waals surface area contributed by atoms with Crippen LogP contribution < -0.4 is 4.90 Å². The van der Waals surface area contributed by atoms with Crippen LogP contribution in [0.3, 0.4) is 0 Å². The predicted octanol–water partition coefficient (Wildman–Crippen LogP) is 2.29. The summed E-state index contributed by atoms with van der Waals surface area (Å²) in [6, 6.07) is 5.56. The molecule has 17 heavy (non-hydrogen) atoms. The van der Waals surface area contributed by atoms with Crippen molar-refractivity contribution in [1.29, 1.82) is 0 Å². The van der Waals surface area contributed by atoms with Crippen molar-refractivity contribution in [2.24, 2.45) is 0 Å². The largest absolute Gasteiger partial charge is 0.368 e. The highest BCUT2D eigenvalue weighted by Gasteiger charge is 2.16. The fraction of sp³-hybridized carbons (Fsp3) is 0.462. The molecule has 0 saturated carbocycles. The molecule has 1 aliphatic heterocycles. The minimum atomic E-state index is 0.0526. The molecule has 1 heterocycles. The lowest BCUT2D eigenvalue weighted by Crippen LogP contribution is -2.44. The molecule has 1 saturated heterocycles. The Bertz CT molecular complexity index is 425. The van der Waals surface area contributed by atoms with Crippen molar-refractivity contribution in [3.05, 3.63) is 28.8 Å². The maximum Gasteiger partial charge on any atom is 0.159 e. The number of halogens is 1. The number of anilines is 1. The Labute approximate surface area is 107 Å². The van der Waals surface area contributed by atoms with Crippen molar-refractivity contribution < 1.29 is 4.79 Å². The zero-order chi connectivity index (χ0) is 12.4. The molecule has 1 aromatic rings. The van der Waals surface area contributed by atoms with Crippen LogP contribution in [0.15, 0.2) is 18.2 Å². The van der Waals surface area contributed by atoms with Gasteiger partial charge in [0.15, 0.2) is 5.78 Å². The van der Waals surface area contributed by atoms with E-state index in [0.717, 1.165) is 31.9 Å². The minimum Gasteiger partial charge on any atom is -0.368 e. The van der Waals surface area contributed by atoms with Crippen molar-refractivity contribution in [2.45, 2.75) is 6.92 Å². The van der Waals surface area contributed by atoms with Gasteiger partial charge in [0.25, 0.3) is 0 Å². The second kappa shape index (κ2) is 5.07. The molecule has 3 nitrogen and oxygen atoms in total. The highest BCUT2D eigenvalue weighted by molar-refractivity contribution is 6.33. The summed E-state index contributed by atoms with van der Waals surface area (Å²) >= 11 is 6.24. The minimum absolute atomic E-state index is 0.0526. The molecule has 0 radical (unpaired) electrons. The van der Waals surface area contributed by atoms with E-state index in [1.54, 1.807) is 13.0 Å². The first-order chi connectivity index (χ1) is 8.08. The number of Topliss-reactive ketones (excluding diaryl/α,β-unsaturated/α-hetero) is 1. The van der Waals surface area contributed by atoms with Crippen LogP contribution in [0.25, 0.3) is 0 Å². The summed E-state index contributed by atoms with van der Waals surface area (Å²) in [5.74, 6) is 0.0526.